The van der Waals surface area contributed by atoms with E-state index in [4.69, 9.17) is 0 Å². The fourth-order valence-electron chi connectivity index (χ4n) is 1.88. The third-order valence-corrected chi connectivity index (χ3v) is 4.68. The zero-order chi connectivity index (χ0) is 12.1. The summed E-state index contributed by atoms with van der Waals surface area (Å²) < 4.78 is 0. The van der Waals surface area contributed by atoms with Crippen molar-refractivity contribution in [3.8, 4) is 0 Å². The third-order valence-electron chi connectivity index (χ3n) is 2.85. The number of hydrogen-bond donors (Lipinski definition) is 2. The molecule has 0 radical (unpaired) electrons. The first-order valence-corrected chi connectivity index (χ1v) is 7.98. The van der Waals surface area contributed by atoms with Gasteiger partial charge in [0.2, 0.25) is 5.91 Å². The molecule has 1 aromatic rings. The number of amides is 1. The Bertz CT molecular complexity index is 347. The van der Waals surface area contributed by atoms with Crippen LogP contribution in [0.4, 0.5) is 0 Å². The Labute approximate surface area is 110 Å². The molecule has 5 heteroatoms. The van der Waals surface area contributed by atoms with Gasteiger partial charge in [0.25, 0.3) is 0 Å². The van der Waals surface area contributed by atoms with Crippen LogP contribution in [0.3, 0.4) is 0 Å². The summed E-state index contributed by atoms with van der Waals surface area (Å²) >= 11 is 3.58. The van der Waals surface area contributed by atoms with Crippen molar-refractivity contribution in [2.24, 2.45) is 0 Å². The van der Waals surface area contributed by atoms with Crippen molar-refractivity contribution in [3.05, 3.63) is 22.4 Å². The van der Waals surface area contributed by atoms with Crippen LogP contribution in [0, 0.1) is 0 Å². The smallest absolute Gasteiger partial charge is 0.222 e. The van der Waals surface area contributed by atoms with Gasteiger partial charge in [0.05, 0.1) is 6.04 Å². The number of rotatable bonds is 4. The Morgan fingerprint density at radius 3 is 3.24 bits per heavy atom. The van der Waals surface area contributed by atoms with Gasteiger partial charge in [-0.05, 0) is 29.3 Å². The van der Waals surface area contributed by atoms with Crippen molar-refractivity contribution < 1.29 is 4.79 Å². The quantitative estimate of drug-likeness (QED) is 0.879. The van der Waals surface area contributed by atoms with Gasteiger partial charge in [-0.2, -0.15) is 23.1 Å². The summed E-state index contributed by atoms with van der Waals surface area (Å²) in [5.41, 5.74) is 1.19. The molecule has 0 aromatic carbocycles. The maximum atomic E-state index is 11.9. The number of nitrogens with one attached hydrogen (secondary N) is 2. The van der Waals surface area contributed by atoms with Gasteiger partial charge in [0.1, 0.15) is 0 Å². The van der Waals surface area contributed by atoms with E-state index in [2.05, 4.69) is 22.1 Å². The minimum Gasteiger partial charge on any atom is -0.350 e. The molecule has 1 amide bonds. The maximum absolute atomic E-state index is 11.9. The molecular formula is C12H18N2OS2. The Kier molecular flexibility index (Phi) is 4.88. The van der Waals surface area contributed by atoms with E-state index >= 15 is 0 Å². The van der Waals surface area contributed by atoms with Gasteiger partial charge in [-0.25, -0.2) is 0 Å². The highest BCUT2D eigenvalue weighted by Crippen LogP contribution is 2.16. The van der Waals surface area contributed by atoms with Gasteiger partial charge >= 0.3 is 0 Å². The summed E-state index contributed by atoms with van der Waals surface area (Å²) in [4.78, 5) is 11.9. The predicted octanol–water partition coefficient (Wildman–Crippen LogP) is 2.02. The second-order valence-corrected chi connectivity index (χ2v) is 6.21. The SMILES string of the molecule is CC(NC(=O)CC1CSCCN1)c1ccsc1. The zero-order valence-electron chi connectivity index (χ0n) is 9.94. The molecule has 17 heavy (non-hydrogen) atoms. The van der Waals surface area contributed by atoms with Crippen LogP contribution in [-0.4, -0.2) is 30.0 Å². The Balaban J connectivity index is 1.76. The van der Waals surface area contributed by atoms with Gasteiger partial charge in [-0.15, -0.1) is 0 Å². The summed E-state index contributed by atoms with van der Waals surface area (Å²) in [5.74, 6) is 2.34. The molecular weight excluding hydrogens is 252 g/mol. The van der Waals surface area contributed by atoms with Crippen molar-refractivity contribution in [1.29, 1.82) is 0 Å². The summed E-state index contributed by atoms with van der Waals surface area (Å²) in [6.07, 6.45) is 0.585. The first kappa shape index (κ1) is 12.9. The molecule has 2 heterocycles. The maximum Gasteiger partial charge on any atom is 0.222 e. The molecule has 2 rings (SSSR count). The lowest BCUT2D eigenvalue weighted by atomic mass is 10.1. The van der Waals surface area contributed by atoms with Crippen LogP contribution in [0.15, 0.2) is 16.8 Å². The van der Waals surface area contributed by atoms with E-state index in [0.29, 0.717) is 12.5 Å². The molecule has 2 unspecified atom stereocenters. The molecule has 1 aromatic heterocycles. The van der Waals surface area contributed by atoms with E-state index < -0.39 is 0 Å². The lowest BCUT2D eigenvalue weighted by Gasteiger charge is -2.23. The van der Waals surface area contributed by atoms with Crippen LogP contribution in [0.1, 0.15) is 24.9 Å². The topological polar surface area (TPSA) is 41.1 Å². The van der Waals surface area contributed by atoms with E-state index in [0.717, 1.165) is 18.1 Å². The van der Waals surface area contributed by atoms with Crippen molar-refractivity contribution in [2.45, 2.75) is 25.4 Å². The Morgan fingerprint density at radius 2 is 2.59 bits per heavy atom. The number of carbonyl (C=O) groups is 1. The molecule has 0 bridgehead atoms. The number of thiophene rings is 1. The summed E-state index contributed by atoms with van der Waals surface area (Å²) in [6, 6.07) is 2.51. The van der Waals surface area contributed by atoms with Crippen LogP contribution in [-0.2, 0) is 4.79 Å². The highest BCUT2D eigenvalue weighted by Gasteiger charge is 2.18. The van der Waals surface area contributed by atoms with Gasteiger partial charge in [-0.3, -0.25) is 4.79 Å². The second-order valence-electron chi connectivity index (χ2n) is 4.28. The zero-order valence-corrected chi connectivity index (χ0v) is 11.6. The standard InChI is InChI=1S/C12H18N2OS2/c1-9(10-2-4-16-7-10)14-12(15)6-11-8-17-5-3-13-11/h2,4,7,9,11,13H,3,5-6,8H2,1H3,(H,14,15). The Morgan fingerprint density at radius 1 is 1.71 bits per heavy atom. The molecule has 0 saturated carbocycles. The fourth-order valence-corrected chi connectivity index (χ4v) is 3.58. The third kappa shape index (κ3) is 4.01. The molecule has 3 nitrogen and oxygen atoms in total. The van der Waals surface area contributed by atoms with Crippen molar-refractivity contribution in [3.63, 3.8) is 0 Å². The first-order chi connectivity index (χ1) is 8.25. The van der Waals surface area contributed by atoms with Crippen LogP contribution >= 0.6 is 23.1 Å². The summed E-state index contributed by atoms with van der Waals surface area (Å²) in [7, 11) is 0. The lowest BCUT2D eigenvalue weighted by molar-refractivity contribution is -0.122. The van der Waals surface area contributed by atoms with Crippen LogP contribution < -0.4 is 10.6 Å². The van der Waals surface area contributed by atoms with Gasteiger partial charge < -0.3 is 10.6 Å². The van der Waals surface area contributed by atoms with E-state index in [1.165, 1.54) is 5.56 Å². The number of thioether (sulfide) groups is 1. The van der Waals surface area contributed by atoms with E-state index in [-0.39, 0.29) is 11.9 Å². The molecule has 1 fully saturated rings. The predicted molar refractivity (Wildman–Crippen MR) is 74.6 cm³/mol. The molecule has 2 N–H and O–H groups in total. The minimum atomic E-state index is 0.116. The van der Waals surface area contributed by atoms with Crippen molar-refractivity contribution in [2.75, 3.05) is 18.1 Å². The summed E-state index contributed by atoms with van der Waals surface area (Å²) in [5, 5.41) is 10.5. The molecule has 0 spiro atoms. The van der Waals surface area contributed by atoms with E-state index in [9.17, 15) is 4.79 Å². The average Bonchev–Trinajstić information content (AvgIpc) is 2.83. The van der Waals surface area contributed by atoms with Crippen LogP contribution in [0.2, 0.25) is 0 Å². The van der Waals surface area contributed by atoms with E-state index in [1.54, 1.807) is 11.3 Å². The molecule has 2 atom stereocenters. The average molecular weight is 270 g/mol. The largest absolute Gasteiger partial charge is 0.350 e. The first-order valence-electron chi connectivity index (χ1n) is 5.88. The fraction of sp³-hybridized carbons (Fsp3) is 0.583. The second kappa shape index (κ2) is 6.42. The monoisotopic (exact) mass is 270 g/mol. The van der Waals surface area contributed by atoms with Crippen molar-refractivity contribution in [1.82, 2.24) is 10.6 Å². The molecule has 1 saturated heterocycles. The van der Waals surface area contributed by atoms with Gasteiger partial charge in [0.15, 0.2) is 0 Å². The van der Waals surface area contributed by atoms with E-state index in [1.807, 2.05) is 24.1 Å². The highest BCUT2D eigenvalue weighted by atomic mass is 32.2. The van der Waals surface area contributed by atoms with Crippen LogP contribution in [0.25, 0.3) is 0 Å². The number of hydrogen-bond acceptors (Lipinski definition) is 4. The van der Waals surface area contributed by atoms with Gasteiger partial charge in [0, 0.05) is 30.5 Å². The molecule has 1 aliphatic heterocycles. The summed E-state index contributed by atoms with van der Waals surface area (Å²) in [6.45, 7) is 3.05. The van der Waals surface area contributed by atoms with Crippen molar-refractivity contribution >= 4 is 29.0 Å². The normalized spacial score (nSPS) is 22.1. The minimum absolute atomic E-state index is 0.116. The van der Waals surface area contributed by atoms with Crippen LogP contribution in [0.5, 0.6) is 0 Å². The highest BCUT2D eigenvalue weighted by molar-refractivity contribution is 7.99. The Hall–Kier alpha value is -0.520. The lowest BCUT2D eigenvalue weighted by Crippen LogP contribution is -2.41. The number of carbonyl (C=O) groups excluding carboxylic acids is 1. The van der Waals surface area contributed by atoms with Gasteiger partial charge in [-0.1, -0.05) is 0 Å². The molecule has 0 aliphatic carbocycles. The molecule has 1 aliphatic rings. The molecule has 94 valence electrons.